The number of nitrogens with zero attached hydrogens (tertiary/aromatic N) is 2. The molecule has 1 saturated heterocycles. The third-order valence-electron chi connectivity index (χ3n) is 4.53. The number of rotatable bonds is 8. The summed E-state index contributed by atoms with van der Waals surface area (Å²) < 4.78 is 11.4. The number of halogens is 1. The van der Waals surface area contributed by atoms with E-state index in [1.165, 1.54) is 12.8 Å². The molecule has 1 amide bonds. The van der Waals surface area contributed by atoms with E-state index in [0.29, 0.717) is 29.7 Å². The molecule has 0 saturated carbocycles. The van der Waals surface area contributed by atoms with Gasteiger partial charge in [-0.3, -0.25) is 9.69 Å². The standard InChI is InChI=1S/C20H25ClN2O3/c1-22(11-6-14-25-18-8-3-2-7-17(18)21)20(24)19-10-9-16(26-19)15-23-12-4-5-13-23/h2-3,7-10H,4-6,11-15H2,1H3. The molecule has 1 aliphatic heterocycles. The molecule has 0 radical (unpaired) electrons. The summed E-state index contributed by atoms with van der Waals surface area (Å²) in [4.78, 5) is 16.5. The number of carbonyl (C=O) groups excluding carboxylic acids is 1. The van der Waals surface area contributed by atoms with E-state index in [9.17, 15) is 4.79 Å². The van der Waals surface area contributed by atoms with Gasteiger partial charge in [-0.2, -0.15) is 0 Å². The smallest absolute Gasteiger partial charge is 0.289 e. The summed E-state index contributed by atoms with van der Waals surface area (Å²) >= 11 is 6.05. The van der Waals surface area contributed by atoms with Crippen molar-refractivity contribution in [3.05, 3.63) is 52.9 Å². The van der Waals surface area contributed by atoms with Gasteiger partial charge in [0.2, 0.25) is 0 Å². The first kappa shape index (κ1) is 18.8. The Morgan fingerprint density at radius 1 is 1.23 bits per heavy atom. The lowest BCUT2D eigenvalue weighted by Crippen LogP contribution is -2.28. The minimum atomic E-state index is -0.101. The van der Waals surface area contributed by atoms with Gasteiger partial charge in [0.05, 0.1) is 18.2 Å². The van der Waals surface area contributed by atoms with Crippen LogP contribution in [0, 0.1) is 0 Å². The molecule has 0 unspecified atom stereocenters. The molecule has 140 valence electrons. The second-order valence-electron chi connectivity index (χ2n) is 6.61. The van der Waals surface area contributed by atoms with Crippen LogP contribution in [0.15, 0.2) is 40.8 Å². The van der Waals surface area contributed by atoms with E-state index < -0.39 is 0 Å². The summed E-state index contributed by atoms with van der Waals surface area (Å²) in [5.41, 5.74) is 0. The van der Waals surface area contributed by atoms with Gasteiger partial charge >= 0.3 is 0 Å². The van der Waals surface area contributed by atoms with E-state index in [4.69, 9.17) is 20.8 Å². The van der Waals surface area contributed by atoms with E-state index in [0.717, 1.165) is 31.8 Å². The van der Waals surface area contributed by atoms with Gasteiger partial charge in [0.15, 0.2) is 5.76 Å². The molecule has 1 aromatic carbocycles. The molecule has 0 atom stereocenters. The van der Waals surface area contributed by atoms with Crippen molar-refractivity contribution in [1.82, 2.24) is 9.80 Å². The van der Waals surface area contributed by atoms with Crippen molar-refractivity contribution in [2.45, 2.75) is 25.8 Å². The molecule has 2 aromatic rings. The number of amides is 1. The fourth-order valence-electron chi connectivity index (χ4n) is 3.07. The van der Waals surface area contributed by atoms with Crippen LogP contribution in [0.3, 0.4) is 0 Å². The molecule has 0 spiro atoms. The Balaban J connectivity index is 1.42. The minimum absolute atomic E-state index is 0.101. The maximum absolute atomic E-state index is 12.5. The van der Waals surface area contributed by atoms with Crippen LogP contribution in [-0.2, 0) is 6.54 Å². The number of carbonyl (C=O) groups is 1. The van der Waals surface area contributed by atoms with Crippen LogP contribution >= 0.6 is 11.6 Å². The van der Waals surface area contributed by atoms with Gasteiger partial charge in [-0.15, -0.1) is 0 Å². The number of likely N-dealkylation sites (tertiary alicyclic amines) is 1. The van der Waals surface area contributed by atoms with Gasteiger partial charge in [-0.1, -0.05) is 23.7 Å². The van der Waals surface area contributed by atoms with E-state index in [2.05, 4.69) is 4.90 Å². The minimum Gasteiger partial charge on any atom is -0.492 e. The summed E-state index contributed by atoms with van der Waals surface area (Å²) in [5.74, 6) is 1.82. The Hall–Kier alpha value is -1.98. The Morgan fingerprint density at radius 3 is 2.77 bits per heavy atom. The van der Waals surface area contributed by atoms with Crippen molar-refractivity contribution in [2.75, 3.05) is 33.3 Å². The van der Waals surface area contributed by atoms with Crippen molar-refractivity contribution < 1.29 is 13.9 Å². The number of hydrogen-bond donors (Lipinski definition) is 0. The highest BCUT2D eigenvalue weighted by Crippen LogP contribution is 2.23. The van der Waals surface area contributed by atoms with Crippen LogP contribution < -0.4 is 4.74 Å². The zero-order valence-corrected chi connectivity index (χ0v) is 15.9. The summed E-state index contributed by atoms with van der Waals surface area (Å²) in [5, 5.41) is 0.595. The lowest BCUT2D eigenvalue weighted by Gasteiger charge is -2.16. The third kappa shape index (κ3) is 5.02. The van der Waals surface area contributed by atoms with Crippen molar-refractivity contribution in [3.8, 4) is 5.75 Å². The Labute approximate surface area is 159 Å². The predicted molar refractivity (Wildman–Crippen MR) is 102 cm³/mol. The maximum Gasteiger partial charge on any atom is 0.289 e. The first-order valence-corrected chi connectivity index (χ1v) is 9.45. The third-order valence-corrected chi connectivity index (χ3v) is 4.84. The van der Waals surface area contributed by atoms with E-state index in [-0.39, 0.29) is 5.91 Å². The van der Waals surface area contributed by atoms with E-state index in [1.807, 2.05) is 24.3 Å². The van der Waals surface area contributed by atoms with Crippen LogP contribution in [0.1, 0.15) is 35.6 Å². The number of ether oxygens (including phenoxy) is 1. The van der Waals surface area contributed by atoms with Crippen LogP contribution in [0.5, 0.6) is 5.75 Å². The average Bonchev–Trinajstić information content (AvgIpc) is 3.32. The van der Waals surface area contributed by atoms with Crippen molar-refractivity contribution in [1.29, 1.82) is 0 Å². The summed E-state index contributed by atoms with van der Waals surface area (Å²) in [7, 11) is 1.78. The highest BCUT2D eigenvalue weighted by molar-refractivity contribution is 6.32. The molecular formula is C20H25ClN2O3. The highest BCUT2D eigenvalue weighted by Gasteiger charge is 2.18. The van der Waals surface area contributed by atoms with Crippen LogP contribution in [0.2, 0.25) is 5.02 Å². The topological polar surface area (TPSA) is 45.9 Å². The Kier molecular flexibility index (Phi) is 6.58. The SMILES string of the molecule is CN(CCCOc1ccccc1Cl)C(=O)c1ccc(CN2CCCC2)o1. The molecule has 0 bridgehead atoms. The molecule has 2 heterocycles. The van der Waals surface area contributed by atoms with Gasteiger partial charge in [-0.25, -0.2) is 0 Å². The second-order valence-corrected chi connectivity index (χ2v) is 7.02. The molecule has 1 aromatic heterocycles. The maximum atomic E-state index is 12.5. The number of hydrogen-bond acceptors (Lipinski definition) is 4. The van der Waals surface area contributed by atoms with Crippen LogP contribution in [-0.4, -0.2) is 49.0 Å². The van der Waals surface area contributed by atoms with Crippen LogP contribution in [0.25, 0.3) is 0 Å². The Morgan fingerprint density at radius 2 is 2.00 bits per heavy atom. The molecular weight excluding hydrogens is 352 g/mol. The normalized spacial score (nSPS) is 14.5. The molecule has 6 heteroatoms. The monoisotopic (exact) mass is 376 g/mol. The largest absolute Gasteiger partial charge is 0.492 e. The molecule has 0 N–H and O–H groups in total. The van der Waals surface area contributed by atoms with Gasteiger partial charge < -0.3 is 14.1 Å². The number of para-hydroxylation sites is 1. The van der Waals surface area contributed by atoms with Crippen molar-refractivity contribution in [3.63, 3.8) is 0 Å². The van der Waals surface area contributed by atoms with Gasteiger partial charge in [0, 0.05) is 13.6 Å². The molecule has 5 nitrogen and oxygen atoms in total. The van der Waals surface area contributed by atoms with Gasteiger partial charge in [-0.05, 0) is 56.6 Å². The van der Waals surface area contributed by atoms with E-state index >= 15 is 0 Å². The summed E-state index contributed by atoms with van der Waals surface area (Å²) in [6.45, 7) is 4.08. The first-order chi connectivity index (χ1) is 12.6. The van der Waals surface area contributed by atoms with Crippen molar-refractivity contribution >= 4 is 17.5 Å². The Bertz CT molecular complexity index is 725. The van der Waals surface area contributed by atoms with Crippen molar-refractivity contribution in [2.24, 2.45) is 0 Å². The number of benzene rings is 1. The first-order valence-electron chi connectivity index (χ1n) is 9.07. The molecule has 26 heavy (non-hydrogen) atoms. The lowest BCUT2D eigenvalue weighted by atomic mass is 10.3. The molecule has 1 aliphatic rings. The summed E-state index contributed by atoms with van der Waals surface area (Å²) in [6.07, 6.45) is 3.20. The molecule has 1 fully saturated rings. The zero-order valence-electron chi connectivity index (χ0n) is 15.1. The number of furan rings is 1. The summed E-state index contributed by atoms with van der Waals surface area (Å²) in [6, 6.07) is 11.0. The van der Waals surface area contributed by atoms with Gasteiger partial charge in [0.25, 0.3) is 5.91 Å². The second kappa shape index (κ2) is 9.10. The lowest BCUT2D eigenvalue weighted by molar-refractivity contribution is 0.0753. The fourth-order valence-corrected chi connectivity index (χ4v) is 3.26. The van der Waals surface area contributed by atoms with Crippen LogP contribution in [0.4, 0.5) is 0 Å². The molecule has 3 rings (SSSR count). The van der Waals surface area contributed by atoms with E-state index in [1.54, 1.807) is 24.1 Å². The zero-order chi connectivity index (χ0) is 18.4. The average molecular weight is 377 g/mol. The quantitative estimate of drug-likeness (QED) is 0.651. The highest BCUT2D eigenvalue weighted by atomic mass is 35.5. The predicted octanol–water partition coefficient (Wildman–Crippen LogP) is 4.07. The fraction of sp³-hybridized carbons (Fsp3) is 0.450. The van der Waals surface area contributed by atoms with Gasteiger partial charge in [0.1, 0.15) is 11.5 Å². The molecule has 0 aliphatic carbocycles.